The molecule has 0 saturated heterocycles. The average molecular weight is 389 g/mol. The molecule has 1 N–H and O–H groups in total. The second kappa shape index (κ2) is 10.7. The molecular weight excluding hydrogens is 360 g/mol. The van der Waals surface area contributed by atoms with Crippen molar-refractivity contribution in [2.24, 2.45) is 0 Å². The van der Waals surface area contributed by atoms with Gasteiger partial charge in [-0.1, -0.05) is 12.1 Å². The van der Waals surface area contributed by atoms with Gasteiger partial charge in [-0.2, -0.15) is 0 Å². The molecule has 2 rings (SSSR count). The number of nitrogens with zero attached hydrogens (tertiary/aromatic N) is 1. The zero-order chi connectivity index (χ0) is 19.6. The Kier molecular flexibility index (Phi) is 8.36. The van der Waals surface area contributed by atoms with Crippen molar-refractivity contribution in [3.05, 3.63) is 58.3 Å². The highest BCUT2D eigenvalue weighted by molar-refractivity contribution is 7.10. The third kappa shape index (κ3) is 6.12. The largest absolute Gasteiger partial charge is 0.493 e. The zero-order valence-corrected chi connectivity index (χ0v) is 17.1. The van der Waals surface area contributed by atoms with Crippen molar-refractivity contribution in [3.63, 3.8) is 0 Å². The van der Waals surface area contributed by atoms with E-state index in [4.69, 9.17) is 9.47 Å². The van der Waals surface area contributed by atoms with Gasteiger partial charge in [-0.25, -0.2) is 0 Å². The molecular formula is C21H28N2O3S. The van der Waals surface area contributed by atoms with Gasteiger partial charge in [0.25, 0.3) is 0 Å². The molecule has 0 atom stereocenters. The van der Waals surface area contributed by atoms with Crippen LogP contribution in [0.2, 0.25) is 0 Å². The Morgan fingerprint density at radius 3 is 2.67 bits per heavy atom. The smallest absolute Gasteiger partial charge is 0.236 e. The number of thiophene rings is 1. The zero-order valence-electron chi connectivity index (χ0n) is 16.3. The molecule has 1 amide bonds. The fourth-order valence-corrected chi connectivity index (χ4v) is 3.65. The molecule has 1 aromatic carbocycles. The first kappa shape index (κ1) is 21.0. The fraction of sp³-hybridized carbons (Fsp3) is 0.381. The first-order valence-corrected chi connectivity index (χ1v) is 9.80. The van der Waals surface area contributed by atoms with E-state index >= 15 is 0 Å². The maximum absolute atomic E-state index is 12.7. The van der Waals surface area contributed by atoms with Crippen molar-refractivity contribution >= 4 is 17.2 Å². The molecule has 1 heterocycles. The van der Waals surface area contributed by atoms with Gasteiger partial charge in [0.15, 0.2) is 11.5 Å². The van der Waals surface area contributed by atoms with Gasteiger partial charge in [0, 0.05) is 18.0 Å². The Morgan fingerprint density at radius 2 is 2.04 bits per heavy atom. The molecule has 1 aromatic heterocycles. The van der Waals surface area contributed by atoms with Crippen LogP contribution in [0.1, 0.15) is 16.0 Å². The number of nitrogens with one attached hydrogen (secondary N) is 1. The number of benzene rings is 1. The van der Waals surface area contributed by atoms with Crippen LogP contribution in [0.3, 0.4) is 0 Å². The first-order valence-electron chi connectivity index (χ1n) is 8.92. The summed E-state index contributed by atoms with van der Waals surface area (Å²) in [5, 5.41) is 5.17. The lowest BCUT2D eigenvalue weighted by Crippen LogP contribution is -2.39. The molecule has 6 heteroatoms. The van der Waals surface area contributed by atoms with Crippen LogP contribution in [0.4, 0.5) is 0 Å². The Balaban J connectivity index is 2.07. The van der Waals surface area contributed by atoms with Crippen LogP contribution in [0.5, 0.6) is 11.5 Å². The molecule has 2 aromatic rings. The predicted molar refractivity (Wildman–Crippen MR) is 111 cm³/mol. The van der Waals surface area contributed by atoms with Crippen molar-refractivity contribution in [2.75, 3.05) is 33.9 Å². The van der Waals surface area contributed by atoms with Gasteiger partial charge in [0.1, 0.15) is 0 Å². The minimum atomic E-state index is 0.0881. The van der Waals surface area contributed by atoms with Gasteiger partial charge < -0.3 is 19.7 Å². The number of hydrogen-bond acceptors (Lipinski definition) is 5. The number of hydrogen-bond donors (Lipinski definition) is 1. The summed E-state index contributed by atoms with van der Waals surface area (Å²) in [5.74, 6) is 1.50. The van der Waals surface area contributed by atoms with Crippen molar-refractivity contribution in [3.8, 4) is 11.5 Å². The standard InChI is InChI=1S/C21H28N2O3S/c1-5-10-22-14-21(24)23(15-20-16(2)9-12-27-20)11-8-17-6-7-18(25-3)19(13-17)26-4/h5-7,9,12-13,22H,1,8,10-11,14-15H2,2-4H3. The van der Waals surface area contributed by atoms with Crippen LogP contribution >= 0.6 is 11.3 Å². The Morgan fingerprint density at radius 1 is 1.26 bits per heavy atom. The van der Waals surface area contributed by atoms with Crippen LogP contribution in [0.15, 0.2) is 42.3 Å². The topological polar surface area (TPSA) is 50.8 Å². The SMILES string of the molecule is C=CCNCC(=O)N(CCc1ccc(OC)c(OC)c1)Cc1sccc1C. The minimum Gasteiger partial charge on any atom is -0.493 e. The summed E-state index contributed by atoms with van der Waals surface area (Å²) in [6.45, 7) is 7.95. The predicted octanol–water partition coefficient (Wildman–Crippen LogP) is 3.42. The number of carbonyl (C=O) groups excluding carboxylic acids is 1. The number of ether oxygens (including phenoxy) is 2. The molecule has 27 heavy (non-hydrogen) atoms. The molecule has 5 nitrogen and oxygen atoms in total. The van der Waals surface area contributed by atoms with E-state index in [0.29, 0.717) is 37.7 Å². The highest BCUT2D eigenvalue weighted by Gasteiger charge is 2.16. The van der Waals surface area contributed by atoms with Gasteiger partial charge in [-0.3, -0.25) is 4.79 Å². The van der Waals surface area contributed by atoms with Crippen LogP contribution in [0, 0.1) is 6.92 Å². The summed E-state index contributed by atoms with van der Waals surface area (Å²) in [7, 11) is 3.25. The molecule has 0 aliphatic heterocycles. The fourth-order valence-electron chi connectivity index (χ4n) is 2.72. The summed E-state index contributed by atoms with van der Waals surface area (Å²) in [6, 6.07) is 7.96. The van der Waals surface area contributed by atoms with Crippen LogP contribution < -0.4 is 14.8 Å². The normalized spacial score (nSPS) is 10.5. The average Bonchev–Trinajstić information content (AvgIpc) is 3.09. The first-order chi connectivity index (χ1) is 13.1. The Labute approximate surface area is 165 Å². The quantitative estimate of drug-likeness (QED) is 0.473. The molecule has 0 bridgehead atoms. The van der Waals surface area contributed by atoms with Crippen molar-refractivity contribution in [1.82, 2.24) is 10.2 Å². The van der Waals surface area contributed by atoms with Crippen LogP contribution in [-0.2, 0) is 17.8 Å². The lowest BCUT2D eigenvalue weighted by molar-refractivity contribution is -0.130. The van der Waals surface area contributed by atoms with E-state index in [1.165, 1.54) is 10.4 Å². The Bertz CT molecular complexity index is 758. The van der Waals surface area contributed by atoms with Gasteiger partial charge in [0.2, 0.25) is 5.91 Å². The monoisotopic (exact) mass is 388 g/mol. The molecule has 0 saturated carbocycles. The maximum Gasteiger partial charge on any atom is 0.236 e. The molecule has 146 valence electrons. The van der Waals surface area contributed by atoms with E-state index < -0.39 is 0 Å². The lowest BCUT2D eigenvalue weighted by atomic mass is 10.1. The minimum absolute atomic E-state index is 0.0881. The molecule has 0 aliphatic rings. The van der Waals surface area contributed by atoms with Gasteiger partial charge in [-0.05, 0) is 48.1 Å². The molecule has 0 radical (unpaired) electrons. The van der Waals surface area contributed by atoms with Gasteiger partial charge in [-0.15, -0.1) is 17.9 Å². The summed E-state index contributed by atoms with van der Waals surface area (Å²) in [5.41, 5.74) is 2.33. The summed E-state index contributed by atoms with van der Waals surface area (Å²) in [4.78, 5) is 15.8. The second-order valence-electron chi connectivity index (χ2n) is 6.20. The molecule has 0 fully saturated rings. The lowest BCUT2D eigenvalue weighted by Gasteiger charge is -2.23. The molecule has 0 unspecified atom stereocenters. The number of aryl methyl sites for hydroxylation is 1. The summed E-state index contributed by atoms with van der Waals surface area (Å²) >= 11 is 1.69. The van der Waals surface area contributed by atoms with E-state index in [1.807, 2.05) is 23.1 Å². The van der Waals surface area contributed by atoms with Gasteiger partial charge in [0.05, 0.1) is 27.3 Å². The van der Waals surface area contributed by atoms with E-state index in [1.54, 1.807) is 31.6 Å². The van der Waals surface area contributed by atoms with E-state index in [9.17, 15) is 4.79 Å². The van der Waals surface area contributed by atoms with E-state index in [0.717, 1.165) is 12.0 Å². The number of carbonyl (C=O) groups is 1. The van der Waals surface area contributed by atoms with E-state index in [-0.39, 0.29) is 5.91 Å². The Hall–Kier alpha value is -2.31. The third-order valence-corrected chi connectivity index (χ3v) is 5.35. The highest BCUT2D eigenvalue weighted by Crippen LogP contribution is 2.28. The summed E-state index contributed by atoms with van der Waals surface area (Å²) in [6.07, 6.45) is 2.50. The molecule has 0 aliphatic carbocycles. The number of rotatable bonds is 11. The number of amides is 1. The van der Waals surface area contributed by atoms with Gasteiger partial charge >= 0.3 is 0 Å². The highest BCUT2D eigenvalue weighted by atomic mass is 32.1. The van der Waals surface area contributed by atoms with E-state index in [2.05, 4.69) is 30.3 Å². The second-order valence-corrected chi connectivity index (χ2v) is 7.20. The van der Waals surface area contributed by atoms with Crippen molar-refractivity contribution < 1.29 is 14.3 Å². The van der Waals surface area contributed by atoms with Crippen molar-refractivity contribution in [1.29, 1.82) is 0 Å². The third-order valence-electron chi connectivity index (χ3n) is 4.34. The summed E-state index contributed by atoms with van der Waals surface area (Å²) < 4.78 is 10.7. The molecule has 0 spiro atoms. The number of methoxy groups -OCH3 is 2. The van der Waals surface area contributed by atoms with Crippen LogP contribution in [0.25, 0.3) is 0 Å². The maximum atomic E-state index is 12.7. The van der Waals surface area contributed by atoms with Crippen molar-refractivity contribution in [2.45, 2.75) is 19.9 Å². The van der Waals surface area contributed by atoms with Crippen LogP contribution in [-0.4, -0.2) is 44.7 Å².